The molecule has 100 valence electrons. The maximum absolute atomic E-state index is 6.24. The van der Waals surface area contributed by atoms with E-state index in [1.54, 1.807) is 0 Å². The maximum atomic E-state index is 6.24. The molecule has 0 saturated carbocycles. The van der Waals surface area contributed by atoms with Gasteiger partial charge in [-0.3, -0.25) is 0 Å². The molecule has 18 heavy (non-hydrogen) atoms. The van der Waals surface area contributed by atoms with E-state index in [1.165, 1.54) is 31.4 Å². The molecule has 0 bridgehead atoms. The van der Waals surface area contributed by atoms with Crippen LogP contribution in [-0.2, 0) is 6.54 Å². The molecule has 1 fully saturated rings. The summed E-state index contributed by atoms with van der Waals surface area (Å²) >= 11 is 6.24. The van der Waals surface area contributed by atoms with Gasteiger partial charge < -0.3 is 10.6 Å². The van der Waals surface area contributed by atoms with Gasteiger partial charge in [0.2, 0.25) is 0 Å². The third kappa shape index (κ3) is 2.99. The van der Waals surface area contributed by atoms with Crippen molar-refractivity contribution in [2.75, 3.05) is 18.0 Å². The molecule has 0 aromatic heterocycles. The van der Waals surface area contributed by atoms with Crippen molar-refractivity contribution in [2.45, 2.75) is 39.2 Å². The van der Waals surface area contributed by atoms with Crippen LogP contribution >= 0.6 is 11.6 Å². The highest BCUT2D eigenvalue weighted by molar-refractivity contribution is 6.31. The maximum Gasteiger partial charge on any atom is 0.0471 e. The van der Waals surface area contributed by atoms with Gasteiger partial charge in [-0.2, -0.15) is 0 Å². The second kappa shape index (κ2) is 6.44. The third-order valence-corrected chi connectivity index (χ3v) is 4.42. The Hall–Kier alpha value is -0.730. The van der Waals surface area contributed by atoms with Gasteiger partial charge in [0.05, 0.1) is 0 Å². The van der Waals surface area contributed by atoms with Crippen LogP contribution in [0.1, 0.15) is 38.2 Å². The van der Waals surface area contributed by atoms with Crippen LogP contribution in [0, 0.1) is 5.92 Å². The fraction of sp³-hybridized carbons (Fsp3) is 0.600. The molecule has 2 nitrogen and oxygen atoms in total. The Morgan fingerprint density at radius 3 is 2.89 bits per heavy atom. The van der Waals surface area contributed by atoms with Crippen LogP contribution in [0.5, 0.6) is 0 Å². The molecule has 1 atom stereocenters. The Balaban J connectivity index is 2.18. The molecule has 3 heteroatoms. The van der Waals surface area contributed by atoms with Crippen molar-refractivity contribution in [1.29, 1.82) is 0 Å². The number of hydrogen-bond acceptors (Lipinski definition) is 2. The van der Waals surface area contributed by atoms with Crippen molar-refractivity contribution in [2.24, 2.45) is 11.7 Å². The zero-order chi connectivity index (χ0) is 13.0. The second-order valence-corrected chi connectivity index (χ2v) is 5.54. The Kier molecular flexibility index (Phi) is 4.90. The minimum Gasteiger partial charge on any atom is -0.371 e. The first-order chi connectivity index (χ1) is 8.76. The third-order valence-electron chi connectivity index (χ3n) is 4.06. The molecule has 1 aliphatic rings. The lowest BCUT2D eigenvalue weighted by Crippen LogP contribution is -2.26. The van der Waals surface area contributed by atoms with E-state index in [4.69, 9.17) is 17.3 Å². The predicted molar refractivity (Wildman–Crippen MR) is 79.2 cm³/mol. The van der Waals surface area contributed by atoms with Gasteiger partial charge in [0.15, 0.2) is 0 Å². The van der Waals surface area contributed by atoms with Gasteiger partial charge in [0.25, 0.3) is 0 Å². The van der Waals surface area contributed by atoms with Crippen LogP contribution in [0.2, 0.25) is 5.02 Å². The first-order valence-electron chi connectivity index (χ1n) is 6.98. The smallest absolute Gasteiger partial charge is 0.0471 e. The van der Waals surface area contributed by atoms with Crippen LogP contribution in [0.4, 0.5) is 5.69 Å². The lowest BCUT2D eigenvalue weighted by atomic mass is 9.98. The second-order valence-electron chi connectivity index (χ2n) is 5.13. The standard InChI is InChI=1S/C15H23ClN2/c1-2-12-5-4-9-18(10-8-12)15-7-3-6-14(16)13(15)11-17/h3,6-7,12H,2,4-5,8-11,17H2,1H3. The average Bonchev–Trinajstić information content (AvgIpc) is 2.63. The molecule has 1 aromatic carbocycles. The molecule has 1 heterocycles. The van der Waals surface area contributed by atoms with Crippen LogP contribution in [-0.4, -0.2) is 13.1 Å². The Bertz CT molecular complexity index is 392. The summed E-state index contributed by atoms with van der Waals surface area (Å²) in [5.74, 6) is 0.885. The van der Waals surface area contributed by atoms with E-state index in [-0.39, 0.29) is 0 Å². The van der Waals surface area contributed by atoms with E-state index in [9.17, 15) is 0 Å². The Morgan fingerprint density at radius 2 is 2.17 bits per heavy atom. The molecule has 1 aliphatic heterocycles. The van der Waals surface area contributed by atoms with Crippen LogP contribution in [0.3, 0.4) is 0 Å². The number of anilines is 1. The van der Waals surface area contributed by atoms with Crippen molar-refractivity contribution in [3.05, 3.63) is 28.8 Å². The number of rotatable bonds is 3. The van der Waals surface area contributed by atoms with E-state index < -0.39 is 0 Å². The minimum atomic E-state index is 0.517. The number of hydrogen-bond donors (Lipinski definition) is 1. The molecule has 1 saturated heterocycles. The minimum absolute atomic E-state index is 0.517. The topological polar surface area (TPSA) is 29.3 Å². The van der Waals surface area contributed by atoms with Gasteiger partial charge in [-0.1, -0.05) is 31.0 Å². The lowest BCUT2D eigenvalue weighted by Gasteiger charge is -2.26. The zero-order valence-corrected chi connectivity index (χ0v) is 11.9. The fourth-order valence-corrected chi connectivity index (χ4v) is 3.11. The quantitative estimate of drug-likeness (QED) is 0.901. The molecule has 0 radical (unpaired) electrons. The van der Waals surface area contributed by atoms with E-state index in [2.05, 4.69) is 17.9 Å². The van der Waals surface area contributed by atoms with E-state index in [0.717, 1.165) is 29.6 Å². The van der Waals surface area contributed by atoms with Crippen molar-refractivity contribution in [3.8, 4) is 0 Å². The molecule has 0 aliphatic carbocycles. The van der Waals surface area contributed by atoms with Gasteiger partial charge in [0.1, 0.15) is 0 Å². The van der Waals surface area contributed by atoms with Gasteiger partial charge in [-0.15, -0.1) is 0 Å². The number of benzene rings is 1. The lowest BCUT2D eigenvalue weighted by molar-refractivity contribution is 0.459. The Labute approximate surface area is 115 Å². The summed E-state index contributed by atoms with van der Waals surface area (Å²) in [6.07, 6.45) is 5.21. The monoisotopic (exact) mass is 266 g/mol. The summed E-state index contributed by atoms with van der Waals surface area (Å²) in [6.45, 7) is 5.07. The summed E-state index contributed by atoms with van der Waals surface area (Å²) in [4.78, 5) is 2.46. The molecule has 2 rings (SSSR count). The summed E-state index contributed by atoms with van der Waals surface area (Å²) < 4.78 is 0. The first-order valence-corrected chi connectivity index (χ1v) is 7.36. The number of nitrogens with two attached hydrogens (primary N) is 1. The van der Waals surface area contributed by atoms with Gasteiger partial charge >= 0.3 is 0 Å². The van der Waals surface area contributed by atoms with Gasteiger partial charge in [0, 0.05) is 35.9 Å². The first kappa shape index (κ1) is 13.7. The van der Waals surface area contributed by atoms with Crippen LogP contribution < -0.4 is 10.6 Å². The van der Waals surface area contributed by atoms with Crippen LogP contribution in [0.25, 0.3) is 0 Å². The van der Waals surface area contributed by atoms with E-state index in [0.29, 0.717) is 6.54 Å². The Morgan fingerprint density at radius 1 is 1.33 bits per heavy atom. The van der Waals surface area contributed by atoms with Crippen LogP contribution in [0.15, 0.2) is 18.2 Å². The van der Waals surface area contributed by atoms with Crippen molar-refractivity contribution < 1.29 is 0 Å². The molecular weight excluding hydrogens is 244 g/mol. The van der Waals surface area contributed by atoms with Crippen molar-refractivity contribution in [3.63, 3.8) is 0 Å². The summed E-state index contributed by atoms with van der Waals surface area (Å²) in [7, 11) is 0. The normalized spacial score (nSPS) is 20.8. The highest BCUT2D eigenvalue weighted by Crippen LogP contribution is 2.30. The number of halogens is 1. The van der Waals surface area contributed by atoms with Crippen molar-refractivity contribution in [1.82, 2.24) is 0 Å². The van der Waals surface area contributed by atoms with Gasteiger partial charge in [-0.05, 0) is 37.3 Å². The largest absolute Gasteiger partial charge is 0.371 e. The molecule has 0 spiro atoms. The molecule has 1 unspecified atom stereocenters. The van der Waals surface area contributed by atoms with Crippen molar-refractivity contribution >= 4 is 17.3 Å². The molecular formula is C15H23ClN2. The summed E-state index contributed by atoms with van der Waals surface area (Å²) in [6, 6.07) is 6.11. The highest BCUT2D eigenvalue weighted by Gasteiger charge is 2.18. The predicted octanol–water partition coefficient (Wildman–Crippen LogP) is 3.82. The zero-order valence-electron chi connectivity index (χ0n) is 11.2. The summed E-state index contributed by atoms with van der Waals surface area (Å²) in [5.41, 5.74) is 8.17. The van der Waals surface area contributed by atoms with E-state index >= 15 is 0 Å². The fourth-order valence-electron chi connectivity index (χ4n) is 2.86. The highest BCUT2D eigenvalue weighted by atomic mass is 35.5. The summed E-state index contributed by atoms with van der Waals surface area (Å²) in [5, 5.41) is 0.797. The molecule has 2 N–H and O–H groups in total. The molecule has 0 amide bonds. The van der Waals surface area contributed by atoms with Gasteiger partial charge in [-0.25, -0.2) is 0 Å². The SMILES string of the molecule is CCC1CCCN(c2cccc(Cl)c2CN)CC1. The van der Waals surface area contributed by atoms with E-state index in [1.807, 2.05) is 12.1 Å². The number of nitrogens with zero attached hydrogens (tertiary/aromatic N) is 1. The molecule has 1 aromatic rings. The average molecular weight is 267 g/mol.